The topological polar surface area (TPSA) is 39.8 Å². The van der Waals surface area contributed by atoms with Gasteiger partial charge in [-0.2, -0.15) is 5.10 Å². The van der Waals surface area contributed by atoms with E-state index in [0.29, 0.717) is 0 Å². The van der Waals surface area contributed by atoms with E-state index in [2.05, 4.69) is 32.5 Å². The van der Waals surface area contributed by atoms with Crippen molar-refractivity contribution in [3.05, 3.63) is 38.9 Å². The average molecular weight is 338 g/mol. The molecule has 0 N–H and O–H groups in total. The Bertz CT molecular complexity index is 667. The summed E-state index contributed by atoms with van der Waals surface area (Å²) in [4.78, 5) is 12.5. The van der Waals surface area contributed by atoms with E-state index in [4.69, 9.17) is 0 Å². The second-order valence-corrected chi connectivity index (χ2v) is 5.89. The number of carbonyl (C=O) groups is 1. The van der Waals surface area contributed by atoms with Crippen LogP contribution in [0.3, 0.4) is 0 Å². The first-order valence-corrected chi connectivity index (χ1v) is 7.55. The van der Waals surface area contributed by atoms with Crippen molar-refractivity contribution in [2.24, 2.45) is 0 Å². The van der Waals surface area contributed by atoms with Crippen molar-refractivity contribution >= 4 is 21.7 Å². The summed E-state index contributed by atoms with van der Waals surface area (Å²) in [5, 5.41) is 4.40. The van der Waals surface area contributed by atoms with Crippen molar-refractivity contribution in [1.29, 1.82) is 0 Å². The predicted molar refractivity (Wildman–Crippen MR) is 83.3 cm³/mol. The Morgan fingerprint density at radius 1 is 1.25 bits per heavy atom. The summed E-state index contributed by atoms with van der Waals surface area (Å²) < 4.78 is 4.90. The van der Waals surface area contributed by atoms with E-state index in [1.807, 2.05) is 33.8 Å². The van der Waals surface area contributed by atoms with Crippen molar-refractivity contribution in [3.63, 3.8) is 0 Å². The van der Waals surface area contributed by atoms with Gasteiger partial charge in [0.25, 0.3) is 0 Å². The Kier molecular flexibility index (Phi) is 4.18. The molecule has 2 aromatic rings. The van der Waals surface area contributed by atoms with Crippen molar-refractivity contribution in [2.45, 2.75) is 47.7 Å². The van der Waals surface area contributed by atoms with Gasteiger partial charge < -0.3 is 4.57 Å². The minimum absolute atomic E-state index is 0.107. The van der Waals surface area contributed by atoms with E-state index in [-0.39, 0.29) is 12.3 Å². The molecule has 0 fully saturated rings. The van der Waals surface area contributed by atoms with E-state index in [1.54, 1.807) is 4.68 Å². The lowest BCUT2D eigenvalue weighted by Gasteiger charge is -2.06. The fourth-order valence-corrected chi connectivity index (χ4v) is 2.90. The van der Waals surface area contributed by atoms with Crippen molar-refractivity contribution in [2.75, 3.05) is 0 Å². The molecule has 0 saturated carbocycles. The maximum Gasteiger partial charge on any atom is 0.186 e. The van der Waals surface area contributed by atoms with Crippen LogP contribution in [-0.2, 0) is 13.1 Å². The third kappa shape index (κ3) is 2.46. The molecule has 0 atom stereocenters. The molecule has 0 aliphatic carbocycles. The maximum atomic E-state index is 12.5. The molecule has 0 aliphatic rings. The second-order valence-electron chi connectivity index (χ2n) is 5.09. The summed E-state index contributed by atoms with van der Waals surface area (Å²) in [6, 6.07) is 1.97. The van der Waals surface area contributed by atoms with Gasteiger partial charge in [-0.1, -0.05) is 0 Å². The minimum Gasteiger partial charge on any atom is -0.349 e. The molecular formula is C15H20BrN3O. The zero-order chi connectivity index (χ0) is 15.0. The molecule has 20 heavy (non-hydrogen) atoms. The quantitative estimate of drug-likeness (QED) is 0.800. The van der Waals surface area contributed by atoms with Gasteiger partial charge in [-0.05, 0) is 56.6 Å². The van der Waals surface area contributed by atoms with E-state index in [0.717, 1.165) is 39.4 Å². The fraction of sp³-hybridized carbons (Fsp3) is 0.467. The third-order valence-corrected chi connectivity index (χ3v) is 4.92. The van der Waals surface area contributed by atoms with Crippen LogP contribution in [0.15, 0.2) is 10.5 Å². The summed E-state index contributed by atoms with van der Waals surface area (Å²) in [7, 11) is 0. The van der Waals surface area contributed by atoms with Gasteiger partial charge in [0.05, 0.1) is 15.9 Å². The van der Waals surface area contributed by atoms with Gasteiger partial charge in [-0.25, -0.2) is 0 Å². The Labute approximate surface area is 127 Å². The molecule has 0 aliphatic heterocycles. The highest BCUT2D eigenvalue weighted by Crippen LogP contribution is 2.21. The van der Waals surface area contributed by atoms with Crippen molar-refractivity contribution in [3.8, 4) is 0 Å². The molecule has 0 aromatic carbocycles. The number of Topliss-reactive ketones (excluding diaryl/α,β-unsaturated/α-hetero) is 1. The standard InChI is InChI=1S/C15H20BrN3O/c1-6-18-9(2)7-13(11(18)4)14(20)8-19-12(5)15(16)10(3)17-19/h7H,6,8H2,1-5H3. The van der Waals surface area contributed by atoms with Crippen LogP contribution in [0, 0.1) is 27.7 Å². The molecule has 108 valence electrons. The number of hydrogen-bond acceptors (Lipinski definition) is 2. The Balaban J connectivity index is 2.31. The second kappa shape index (κ2) is 5.56. The third-order valence-electron chi connectivity index (χ3n) is 3.78. The van der Waals surface area contributed by atoms with Gasteiger partial charge >= 0.3 is 0 Å². The summed E-state index contributed by atoms with van der Waals surface area (Å²) in [5.74, 6) is 0.107. The van der Waals surface area contributed by atoms with Crippen LogP contribution in [0.4, 0.5) is 0 Å². The first-order chi connectivity index (χ1) is 9.36. The van der Waals surface area contributed by atoms with E-state index >= 15 is 0 Å². The SMILES string of the molecule is CCn1c(C)cc(C(=O)Cn2nc(C)c(Br)c2C)c1C. The van der Waals surface area contributed by atoms with Gasteiger partial charge in [0, 0.05) is 23.5 Å². The Morgan fingerprint density at radius 2 is 1.90 bits per heavy atom. The highest BCUT2D eigenvalue weighted by Gasteiger charge is 2.17. The van der Waals surface area contributed by atoms with Crippen molar-refractivity contribution in [1.82, 2.24) is 14.3 Å². The number of aryl methyl sites for hydroxylation is 2. The van der Waals surface area contributed by atoms with Gasteiger partial charge in [0.2, 0.25) is 0 Å². The molecule has 2 aromatic heterocycles. The molecule has 0 saturated heterocycles. The van der Waals surface area contributed by atoms with Crippen LogP contribution in [0.1, 0.15) is 40.1 Å². The molecule has 2 heterocycles. The molecule has 0 amide bonds. The smallest absolute Gasteiger partial charge is 0.186 e. The van der Waals surface area contributed by atoms with Gasteiger partial charge in [-0.15, -0.1) is 0 Å². The minimum atomic E-state index is 0.107. The lowest BCUT2D eigenvalue weighted by atomic mass is 10.1. The summed E-state index contributed by atoms with van der Waals surface area (Å²) in [6.07, 6.45) is 0. The highest BCUT2D eigenvalue weighted by atomic mass is 79.9. The number of rotatable bonds is 4. The lowest BCUT2D eigenvalue weighted by Crippen LogP contribution is -2.14. The molecular weight excluding hydrogens is 318 g/mol. The van der Waals surface area contributed by atoms with Gasteiger partial charge in [0.15, 0.2) is 5.78 Å². The summed E-state index contributed by atoms with van der Waals surface area (Å²) in [5.41, 5.74) is 4.86. The van der Waals surface area contributed by atoms with Crippen LogP contribution in [-0.4, -0.2) is 20.1 Å². The first-order valence-electron chi connectivity index (χ1n) is 6.76. The number of carbonyl (C=O) groups excluding carboxylic acids is 1. The van der Waals surface area contributed by atoms with Crippen LogP contribution < -0.4 is 0 Å². The lowest BCUT2D eigenvalue weighted by molar-refractivity contribution is 0.0966. The predicted octanol–water partition coefficient (Wildman–Crippen LogP) is 3.58. The number of halogens is 1. The molecule has 0 radical (unpaired) electrons. The van der Waals surface area contributed by atoms with E-state index < -0.39 is 0 Å². The zero-order valence-electron chi connectivity index (χ0n) is 12.6. The number of ketones is 1. The molecule has 2 rings (SSSR count). The Hall–Kier alpha value is -1.36. The van der Waals surface area contributed by atoms with Crippen LogP contribution >= 0.6 is 15.9 Å². The van der Waals surface area contributed by atoms with Crippen LogP contribution in [0.25, 0.3) is 0 Å². The fourth-order valence-electron chi connectivity index (χ4n) is 2.62. The molecule has 5 heteroatoms. The Morgan fingerprint density at radius 3 is 2.35 bits per heavy atom. The number of nitrogens with zero attached hydrogens (tertiary/aromatic N) is 3. The van der Waals surface area contributed by atoms with Gasteiger partial charge in [-0.3, -0.25) is 9.48 Å². The number of hydrogen-bond donors (Lipinski definition) is 0. The van der Waals surface area contributed by atoms with E-state index in [1.165, 1.54) is 0 Å². The summed E-state index contributed by atoms with van der Waals surface area (Å²) in [6.45, 7) is 11.2. The summed E-state index contributed by atoms with van der Waals surface area (Å²) >= 11 is 3.49. The van der Waals surface area contributed by atoms with Crippen LogP contribution in [0.2, 0.25) is 0 Å². The average Bonchev–Trinajstić information content (AvgIpc) is 2.81. The zero-order valence-corrected chi connectivity index (χ0v) is 14.2. The monoisotopic (exact) mass is 337 g/mol. The van der Waals surface area contributed by atoms with Gasteiger partial charge in [0.1, 0.15) is 6.54 Å². The molecule has 0 unspecified atom stereocenters. The van der Waals surface area contributed by atoms with Crippen LogP contribution in [0.5, 0.6) is 0 Å². The highest BCUT2D eigenvalue weighted by molar-refractivity contribution is 9.10. The first kappa shape index (κ1) is 15.0. The van der Waals surface area contributed by atoms with Crippen molar-refractivity contribution < 1.29 is 4.79 Å². The normalized spacial score (nSPS) is 11.1. The number of aromatic nitrogens is 3. The molecule has 0 bridgehead atoms. The maximum absolute atomic E-state index is 12.5. The molecule has 0 spiro atoms. The molecule has 4 nitrogen and oxygen atoms in total. The van der Waals surface area contributed by atoms with E-state index in [9.17, 15) is 4.79 Å². The largest absolute Gasteiger partial charge is 0.349 e.